The molecule has 1 unspecified atom stereocenters. The van der Waals surface area contributed by atoms with E-state index in [1.165, 1.54) is 6.42 Å². The number of methoxy groups -OCH3 is 1. The lowest BCUT2D eigenvalue weighted by molar-refractivity contribution is -0.349. The summed E-state index contributed by atoms with van der Waals surface area (Å²) in [5.74, 6) is 2.11. The van der Waals surface area contributed by atoms with E-state index in [2.05, 4.69) is 0 Å². The van der Waals surface area contributed by atoms with Crippen molar-refractivity contribution in [2.24, 2.45) is 5.92 Å². The summed E-state index contributed by atoms with van der Waals surface area (Å²) in [6.07, 6.45) is -1.04. The number of thioether (sulfide) groups is 2. The highest BCUT2D eigenvalue weighted by molar-refractivity contribution is 8.17. The molecule has 1 N–H and O–H groups in total. The summed E-state index contributed by atoms with van der Waals surface area (Å²) in [6.45, 7) is 0.388. The van der Waals surface area contributed by atoms with Crippen molar-refractivity contribution in [3.8, 4) is 0 Å². The first-order chi connectivity index (χ1) is 12.3. The number of hydrogen-bond acceptors (Lipinski definition) is 7. The van der Waals surface area contributed by atoms with Crippen LogP contribution in [0.15, 0.2) is 30.3 Å². The van der Waals surface area contributed by atoms with Gasteiger partial charge in [-0.1, -0.05) is 30.3 Å². The molecular weight excluding hydrogens is 360 g/mol. The Hall–Kier alpha value is -0.280. The number of aliphatic hydroxyl groups excluding tert-OH is 1. The van der Waals surface area contributed by atoms with Gasteiger partial charge in [0.15, 0.2) is 12.6 Å². The first-order valence-electron chi connectivity index (χ1n) is 8.69. The SMILES string of the molecule is CO[C@H]1O[C@@H]2COC(c3ccccc3)O[C@H]2[C@@H](O)[C@H]1C1SCCCS1. The van der Waals surface area contributed by atoms with Gasteiger partial charge in [0.1, 0.15) is 12.2 Å². The Morgan fingerprint density at radius 2 is 1.88 bits per heavy atom. The van der Waals surface area contributed by atoms with Crippen LogP contribution in [0.3, 0.4) is 0 Å². The first kappa shape index (κ1) is 18.1. The van der Waals surface area contributed by atoms with Crippen molar-refractivity contribution in [1.82, 2.24) is 0 Å². The Morgan fingerprint density at radius 3 is 2.60 bits per heavy atom. The number of aliphatic hydroxyl groups is 1. The predicted molar refractivity (Wildman–Crippen MR) is 98.5 cm³/mol. The maximum absolute atomic E-state index is 11.1. The van der Waals surface area contributed by atoms with E-state index in [1.807, 2.05) is 53.9 Å². The van der Waals surface area contributed by atoms with Crippen LogP contribution in [-0.2, 0) is 18.9 Å². The number of fused-ring (bicyclic) bond motifs is 1. The lowest BCUT2D eigenvalue weighted by atomic mass is 9.91. The Labute approximate surface area is 156 Å². The van der Waals surface area contributed by atoms with Gasteiger partial charge in [-0.15, -0.1) is 23.5 Å². The van der Waals surface area contributed by atoms with Gasteiger partial charge in [-0.25, -0.2) is 0 Å². The maximum Gasteiger partial charge on any atom is 0.184 e. The molecule has 0 aromatic heterocycles. The number of benzene rings is 1. The molecule has 1 aromatic carbocycles. The topological polar surface area (TPSA) is 57.2 Å². The normalized spacial score (nSPS) is 39.8. The average Bonchev–Trinajstić information content (AvgIpc) is 2.69. The molecule has 138 valence electrons. The molecule has 3 heterocycles. The molecule has 4 rings (SSSR count). The minimum Gasteiger partial charge on any atom is -0.390 e. The largest absolute Gasteiger partial charge is 0.390 e. The highest BCUT2D eigenvalue weighted by Crippen LogP contribution is 2.45. The zero-order chi connectivity index (χ0) is 17.2. The fraction of sp³-hybridized carbons (Fsp3) is 0.667. The van der Waals surface area contributed by atoms with Gasteiger partial charge in [0.05, 0.1) is 23.2 Å². The van der Waals surface area contributed by atoms with Gasteiger partial charge >= 0.3 is 0 Å². The van der Waals surface area contributed by atoms with E-state index in [0.29, 0.717) is 6.61 Å². The summed E-state index contributed by atoms with van der Waals surface area (Å²) in [5, 5.41) is 11.1. The minimum atomic E-state index is -0.637. The van der Waals surface area contributed by atoms with Crippen molar-refractivity contribution in [3.63, 3.8) is 0 Å². The van der Waals surface area contributed by atoms with Gasteiger partial charge < -0.3 is 24.1 Å². The van der Waals surface area contributed by atoms with Gasteiger partial charge in [-0.3, -0.25) is 0 Å². The van der Waals surface area contributed by atoms with Gasteiger partial charge in [0.25, 0.3) is 0 Å². The van der Waals surface area contributed by atoms with E-state index in [-0.39, 0.29) is 16.6 Å². The molecule has 0 radical (unpaired) electrons. The van der Waals surface area contributed by atoms with Crippen LogP contribution in [0.1, 0.15) is 18.3 Å². The summed E-state index contributed by atoms with van der Waals surface area (Å²) in [6, 6.07) is 9.83. The van der Waals surface area contributed by atoms with Gasteiger partial charge in [-0.05, 0) is 17.9 Å². The molecule has 3 fully saturated rings. The highest BCUT2D eigenvalue weighted by Gasteiger charge is 2.52. The number of rotatable bonds is 3. The van der Waals surface area contributed by atoms with E-state index < -0.39 is 24.8 Å². The second-order valence-electron chi connectivity index (χ2n) is 6.49. The Kier molecular flexibility index (Phi) is 5.91. The molecular formula is C18H24O5S2. The van der Waals surface area contributed by atoms with Crippen LogP contribution in [0.4, 0.5) is 0 Å². The van der Waals surface area contributed by atoms with E-state index >= 15 is 0 Å². The molecule has 5 nitrogen and oxygen atoms in total. The molecule has 0 aliphatic carbocycles. The fourth-order valence-electron chi connectivity index (χ4n) is 3.62. The predicted octanol–water partition coefficient (Wildman–Crippen LogP) is 2.65. The molecule has 0 saturated carbocycles. The third-order valence-corrected chi connectivity index (χ3v) is 8.04. The molecule has 0 spiro atoms. The van der Waals surface area contributed by atoms with Crippen LogP contribution in [0, 0.1) is 5.92 Å². The highest BCUT2D eigenvalue weighted by atomic mass is 32.2. The third kappa shape index (κ3) is 3.74. The summed E-state index contributed by atoms with van der Waals surface area (Å²) in [4.78, 5) is 0. The number of ether oxygens (including phenoxy) is 4. The van der Waals surface area contributed by atoms with Crippen LogP contribution in [-0.4, -0.2) is 59.5 Å². The molecule has 0 bridgehead atoms. The molecule has 6 atom stereocenters. The second kappa shape index (κ2) is 8.17. The molecule has 25 heavy (non-hydrogen) atoms. The monoisotopic (exact) mass is 384 g/mol. The van der Waals surface area contributed by atoms with Crippen LogP contribution in [0.25, 0.3) is 0 Å². The minimum absolute atomic E-state index is 0.115. The van der Waals surface area contributed by atoms with Crippen molar-refractivity contribution < 1.29 is 24.1 Å². The summed E-state index contributed by atoms with van der Waals surface area (Å²) in [7, 11) is 1.64. The number of hydrogen-bond donors (Lipinski definition) is 1. The smallest absolute Gasteiger partial charge is 0.184 e. The van der Waals surface area contributed by atoms with Crippen molar-refractivity contribution in [2.75, 3.05) is 25.2 Å². The third-order valence-electron chi connectivity index (χ3n) is 4.88. The van der Waals surface area contributed by atoms with Crippen LogP contribution < -0.4 is 0 Å². The Balaban J connectivity index is 1.52. The van der Waals surface area contributed by atoms with Crippen LogP contribution in [0.2, 0.25) is 0 Å². The molecule has 7 heteroatoms. The fourth-order valence-corrected chi connectivity index (χ4v) is 6.88. The van der Waals surface area contributed by atoms with E-state index in [9.17, 15) is 5.11 Å². The zero-order valence-electron chi connectivity index (χ0n) is 14.2. The second-order valence-corrected chi connectivity index (χ2v) is 9.28. The Bertz CT molecular complexity index is 554. The molecule has 3 aliphatic heterocycles. The van der Waals surface area contributed by atoms with Crippen molar-refractivity contribution >= 4 is 23.5 Å². The van der Waals surface area contributed by atoms with E-state index in [4.69, 9.17) is 18.9 Å². The van der Waals surface area contributed by atoms with Gasteiger partial charge in [0.2, 0.25) is 0 Å². The van der Waals surface area contributed by atoms with Crippen molar-refractivity contribution in [1.29, 1.82) is 0 Å². The lowest BCUT2D eigenvalue weighted by Crippen LogP contribution is -2.61. The zero-order valence-corrected chi connectivity index (χ0v) is 15.8. The summed E-state index contributed by atoms with van der Waals surface area (Å²) < 4.78 is 23.9. The lowest BCUT2D eigenvalue weighted by Gasteiger charge is -2.49. The van der Waals surface area contributed by atoms with Crippen LogP contribution in [0.5, 0.6) is 0 Å². The van der Waals surface area contributed by atoms with E-state index in [1.54, 1.807) is 7.11 Å². The average molecular weight is 385 g/mol. The standard InChI is InChI=1S/C18H24O5S2/c1-20-17-13(18-24-8-5-9-25-18)14(19)15-12(22-17)10-21-16(23-15)11-6-3-2-4-7-11/h2-4,6-7,12-19H,5,8-10H2,1H3/t12-,13-,14+,15-,16?,17+/m1/s1. The summed E-state index contributed by atoms with van der Waals surface area (Å²) >= 11 is 3.77. The maximum atomic E-state index is 11.1. The molecule has 0 amide bonds. The van der Waals surface area contributed by atoms with Gasteiger partial charge in [0, 0.05) is 12.7 Å². The Morgan fingerprint density at radius 1 is 1.12 bits per heavy atom. The summed E-state index contributed by atoms with van der Waals surface area (Å²) in [5.41, 5.74) is 0.958. The van der Waals surface area contributed by atoms with E-state index in [0.717, 1.165) is 17.1 Å². The molecule has 1 aromatic rings. The molecule has 3 aliphatic rings. The van der Waals surface area contributed by atoms with Crippen molar-refractivity contribution in [2.45, 2.75) is 41.9 Å². The quantitative estimate of drug-likeness (QED) is 0.860. The van der Waals surface area contributed by atoms with Crippen molar-refractivity contribution in [3.05, 3.63) is 35.9 Å². The molecule has 3 saturated heterocycles. The first-order valence-corrected chi connectivity index (χ1v) is 10.8. The van der Waals surface area contributed by atoms with Gasteiger partial charge in [-0.2, -0.15) is 0 Å². The van der Waals surface area contributed by atoms with Crippen LogP contribution >= 0.6 is 23.5 Å².